The Kier molecular flexibility index (Phi) is 7.03. The van der Waals surface area contributed by atoms with E-state index in [9.17, 15) is 9.59 Å². The van der Waals surface area contributed by atoms with E-state index in [-0.39, 0.29) is 12.0 Å². The van der Waals surface area contributed by atoms with Crippen molar-refractivity contribution in [1.82, 2.24) is 0 Å². The zero-order valence-corrected chi connectivity index (χ0v) is 14.0. The number of ether oxygens (including phenoxy) is 1. The minimum atomic E-state index is -0.761. The van der Waals surface area contributed by atoms with E-state index in [1.54, 1.807) is 19.9 Å². The van der Waals surface area contributed by atoms with Gasteiger partial charge in [0.25, 0.3) is 0 Å². The topological polar surface area (TPSA) is 43.4 Å². The Bertz CT molecular complexity index is 514. The molecule has 0 aliphatic rings. The summed E-state index contributed by atoms with van der Waals surface area (Å²) in [5.74, 6) is -1.84. The van der Waals surface area contributed by atoms with E-state index >= 15 is 0 Å². The van der Waals surface area contributed by atoms with E-state index in [1.807, 2.05) is 31.2 Å². The Morgan fingerprint density at radius 3 is 2.27 bits per heavy atom. The molecular weight excluding hydrogens is 276 g/mol. The van der Waals surface area contributed by atoms with Gasteiger partial charge in [-0.3, -0.25) is 4.79 Å². The molecule has 2 atom stereocenters. The van der Waals surface area contributed by atoms with Crippen LogP contribution in [0, 0.1) is 12.8 Å². The van der Waals surface area contributed by atoms with Gasteiger partial charge in [0.05, 0.1) is 12.0 Å². The number of hydrogen-bond acceptors (Lipinski definition) is 3. The van der Waals surface area contributed by atoms with Crippen LogP contribution in [-0.2, 0) is 14.3 Å². The van der Waals surface area contributed by atoms with Gasteiger partial charge in [0.1, 0.15) is 0 Å². The molecule has 3 heteroatoms. The summed E-state index contributed by atoms with van der Waals surface area (Å²) < 4.78 is 5.09. The molecule has 0 amide bonds. The van der Waals surface area contributed by atoms with Crippen molar-refractivity contribution in [1.29, 1.82) is 0 Å². The minimum Gasteiger partial charge on any atom is -0.457 e. The highest BCUT2D eigenvalue weighted by Crippen LogP contribution is 2.31. The molecule has 0 heterocycles. The highest BCUT2D eigenvalue weighted by atomic mass is 16.5. The van der Waals surface area contributed by atoms with E-state index in [0.29, 0.717) is 0 Å². The fraction of sp³-hybridized carbons (Fsp3) is 0.474. The molecule has 1 aromatic rings. The zero-order chi connectivity index (χ0) is 16.7. The molecule has 0 aliphatic heterocycles. The van der Waals surface area contributed by atoms with Crippen LogP contribution < -0.4 is 0 Å². The SMILES string of the molecule is C=C[C@@H](CCC)[C@H](C(=O)C(=O)OC(C)C)c1ccc(C)cc1. The van der Waals surface area contributed by atoms with Gasteiger partial charge >= 0.3 is 5.97 Å². The van der Waals surface area contributed by atoms with E-state index in [0.717, 1.165) is 24.0 Å². The van der Waals surface area contributed by atoms with Gasteiger partial charge in [-0.1, -0.05) is 49.2 Å². The number of hydrogen-bond donors (Lipinski definition) is 0. The first-order valence-corrected chi connectivity index (χ1v) is 7.84. The first-order valence-electron chi connectivity index (χ1n) is 7.84. The normalized spacial score (nSPS) is 13.5. The first kappa shape index (κ1) is 18.1. The molecule has 0 N–H and O–H groups in total. The molecule has 120 valence electrons. The molecule has 22 heavy (non-hydrogen) atoms. The number of esters is 1. The van der Waals surface area contributed by atoms with E-state index in [2.05, 4.69) is 13.5 Å². The van der Waals surface area contributed by atoms with Crippen LogP contribution in [0.3, 0.4) is 0 Å². The van der Waals surface area contributed by atoms with Crippen LogP contribution in [0.2, 0.25) is 0 Å². The van der Waals surface area contributed by atoms with Crippen molar-refractivity contribution in [2.45, 2.75) is 52.6 Å². The number of rotatable bonds is 8. The van der Waals surface area contributed by atoms with Crippen LogP contribution in [0.4, 0.5) is 0 Å². The maximum atomic E-state index is 12.6. The minimum absolute atomic E-state index is 0.0695. The predicted octanol–water partition coefficient (Wildman–Crippen LogP) is 4.20. The van der Waals surface area contributed by atoms with Gasteiger partial charge in [0, 0.05) is 0 Å². The summed E-state index contributed by atoms with van der Waals surface area (Å²) in [5, 5.41) is 0. The second kappa shape index (κ2) is 8.52. The van der Waals surface area contributed by atoms with Crippen molar-refractivity contribution < 1.29 is 14.3 Å². The number of ketones is 1. The lowest BCUT2D eigenvalue weighted by Crippen LogP contribution is -2.30. The van der Waals surface area contributed by atoms with Gasteiger partial charge in [-0.2, -0.15) is 0 Å². The molecule has 0 unspecified atom stereocenters. The molecule has 3 nitrogen and oxygen atoms in total. The van der Waals surface area contributed by atoms with Crippen LogP contribution in [0.15, 0.2) is 36.9 Å². The average molecular weight is 302 g/mol. The molecule has 0 spiro atoms. The second-order valence-corrected chi connectivity index (χ2v) is 5.89. The number of carbonyl (C=O) groups is 2. The summed E-state index contributed by atoms with van der Waals surface area (Å²) in [5.41, 5.74) is 1.96. The summed E-state index contributed by atoms with van der Waals surface area (Å²) >= 11 is 0. The van der Waals surface area contributed by atoms with Crippen LogP contribution in [0.1, 0.15) is 50.7 Å². The molecule has 0 saturated carbocycles. The van der Waals surface area contributed by atoms with E-state index in [1.165, 1.54) is 0 Å². The van der Waals surface area contributed by atoms with Crippen molar-refractivity contribution >= 4 is 11.8 Å². The Morgan fingerprint density at radius 1 is 1.23 bits per heavy atom. The third-order valence-electron chi connectivity index (χ3n) is 3.62. The summed E-state index contributed by atoms with van der Waals surface area (Å²) in [6.45, 7) is 11.4. The van der Waals surface area contributed by atoms with E-state index < -0.39 is 17.7 Å². The quantitative estimate of drug-likeness (QED) is 0.410. The van der Waals surface area contributed by atoms with Crippen molar-refractivity contribution in [3.63, 3.8) is 0 Å². The van der Waals surface area contributed by atoms with Gasteiger partial charge in [-0.15, -0.1) is 6.58 Å². The average Bonchev–Trinajstić information content (AvgIpc) is 2.47. The Morgan fingerprint density at radius 2 is 1.82 bits per heavy atom. The van der Waals surface area contributed by atoms with Crippen molar-refractivity contribution in [2.75, 3.05) is 0 Å². The smallest absolute Gasteiger partial charge is 0.375 e. The van der Waals surface area contributed by atoms with Crippen LogP contribution in [0.25, 0.3) is 0 Å². The molecular formula is C19H26O3. The third-order valence-corrected chi connectivity index (χ3v) is 3.62. The van der Waals surface area contributed by atoms with Gasteiger partial charge in [0.15, 0.2) is 0 Å². The Labute approximate surface area is 133 Å². The highest BCUT2D eigenvalue weighted by molar-refractivity contribution is 6.36. The van der Waals surface area contributed by atoms with Crippen molar-refractivity contribution in [3.05, 3.63) is 48.0 Å². The summed E-state index contributed by atoms with van der Waals surface area (Å²) in [6.07, 6.45) is 3.20. The predicted molar refractivity (Wildman–Crippen MR) is 88.8 cm³/mol. The largest absolute Gasteiger partial charge is 0.457 e. The van der Waals surface area contributed by atoms with Gasteiger partial charge < -0.3 is 4.74 Å². The molecule has 0 bridgehead atoms. The van der Waals surface area contributed by atoms with Crippen molar-refractivity contribution in [2.24, 2.45) is 5.92 Å². The van der Waals surface area contributed by atoms with Gasteiger partial charge in [-0.05, 0) is 38.7 Å². The highest BCUT2D eigenvalue weighted by Gasteiger charge is 2.33. The molecule has 0 aromatic heterocycles. The van der Waals surface area contributed by atoms with Crippen LogP contribution in [0.5, 0.6) is 0 Å². The summed E-state index contributed by atoms with van der Waals surface area (Å²) in [6, 6.07) is 7.73. The summed E-state index contributed by atoms with van der Waals surface area (Å²) in [7, 11) is 0. The Hall–Kier alpha value is -1.90. The molecule has 1 aromatic carbocycles. The Balaban J connectivity index is 3.15. The fourth-order valence-corrected chi connectivity index (χ4v) is 2.52. The zero-order valence-electron chi connectivity index (χ0n) is 14.0. The molecule has 0 aliphatic carbocycles. The van der Waals surface area contributed by atoms with Gasteiger partial charge in [0.2, 0.25) is 5.78 Å². The molecule has 0 saturated heterocycles. The number of carbonyl (C=O) groups excluding carboxylic acids is 2. The molecule has 0 radical (unpaired) electrons. The van der Waals surface area contributed by atoms with Crippen LogP contribution >= 0.6 is 0 Å². The third kappa shape index (κ3) is 4.83. The second-order valence-electron chi connectivity index (χ2n) is 5.89. The number of benzene rings is 1. The van der Waals surface area contributed by atoms with Crippen molar-refractivity contribution in [3.8, 4) is 0 Å². The summed E-state index contributed by atoms with van der Waals surface area (Å²) in [4.78, 5) is 24.7. The number of allylic oxidation sites excluding steroid dienone is 1. The number of aryl methyl sites for hydroxylation is 1. The molecule has 0 fully saturated rings. The van der Waals surface area contributed by atoms with Gasteiger partial charge in [-0.25, -0.2) is 4.79 Å². The number of Topliss-reactive ketones (excluding diaryl/α,β-unsaturated/α-hetero) is 1. The van der Waals surface area contributed by atoms with E-state index in [4.69, 9.17) is 4.74 Å². The lowest BCUT2D eigenvalue weighted by atomic mass is 9.80. The van der Waals surface area contributed by atoms with Crippen LogP contribution in [-0.4, -0.2) is 17.9 Å². The monoisotopic (exact) mass is 302 g/mol. The maximum Gasteiger partial charge on any atom is 0.375 e. The fourth-order valence-electron chi connectivity index (χ4n) is 2.52. The first-order chi connectivity index (χ1) is 10.4. The maximum absolute atomic E-state index is 12.6. The standard InChI is InChI=1S/C19H26O3/c1-6-8-15(7-2)17(16-11-9-14(5)10-12-16)18(20)19(21)22-13(3)4/h7,9-13,15,17H,2,6,8H2,1,3-5H3/t15-,17-/m0/s1. The molecule has 1 rings (SSSR count). The lowest BCUT2D eigenvalue weighted by Gasteiger charge is -2.23. The lowest BCUT2D eigenvalue weighted by molar-refractivity contribution is -0.157.